The standard InChI is InChI=1S/C18H25N5O6/c1-18(2,3)29-16(25)20-8-10-11(6-7-19)28-17(26)23(10)13-5-4-12-15(21-13)22-14(24)9-27-12/h4-5,10-11H,6-9,19H2,1-3H3,(H,20,25)(H,21,22,24)/t10-,11+/m1/s1. The Kier molecular flexibility index (Phi) is 5.78. The largest absolute Gasteiger partial charge is 0.480 e. The third kappa shape index (κ3) is 4.86. The number of hydrogen-bond acceptors (Lipinski definition) is 8. The molecule has 2 aliphatic rings. The van der Waals surface area contributed by atoms with Gasteiger partial charge < -0.3 is 30.6 Å². The minimum Gasteiger partial charge on any atom is -0.480 e. The van der Waals surface area contributed by atoms with Gasteiger partial charge in [-0.25, -0.2) is 14.6 Å². The molecule has 0 saturated carbocycles. The van der Waals surface area contributed by atoms with Crippen LogP contribution in [0.4, 0.5) is 21.2 Å². The molecule has 11 nitrogen and oxygen atoms in total. The molecular weight excluding hydrogens is 382 g/mol. The van der Waals surface area contributed by atoms with Gasteiger partial charge in [-0.3, -0.25) is 9.69 Å². The number of nitrogens with zero attached hydrogens (tertiary/aromatic N) is 2. The molecule has 1 saturated heterocycles. The Bertz CT molecular complexity index is 808. The first kappa shape index (κ1) is 20.6. The van der Waals surface area contributed by atoms with Crippen LogP contribution >= 0.6 is 0 Å². The Morgan fingerprint density at radius 2 is 2.17 bits per heavy atom. The number of nitrogens with two attached hydrogens (primary N) is 1. The molecule has 3 amide bonds. The number of hydrogen-bond donors (Lipinski definition) is 3. The number of carbonyl (C=O) groups is 3. The van der Waals surface area contributed by atoms with E-state index in [9.17, 15) is 14.4 Å². The summed E-state index contributed by atoms with van der Waals surface area (Å²) in [5.41, 5.74) is 4.99. The van der Waals surface area contributed by atoms with Crippen LogP contribution in [-0.4, -0.2) is 60.5 Å². The molecule has 3 heterocycles. The second kappa shape index (κ2) is 8.11. The molecule has 1 fully saturated rings. The molecule has 29 heavy (non-hydrogen) atoms. The van der Waals surface area contributed by atoms with E-state index in [1.54, 1.807) is 32.9 Å². The van der Waals surface area contributed by atoms with Crippen molar-refractivity contribution in [3.05, 3.63) is 12.1 Å². The Morgan fingerprint density at radius 3 is 2.86 bits per heavy atom. The van der Waals surface area contributed by atoms with E-state index in [0.29, 0.717) is 18.7 Å². The van der Waals surface area contributed by atoms with Crippen molar-refractivity contribution in [1.82, 2.24) is 10.3 Å². The zero-order valence-corrected chi connectivity index (χ0v) is 16.6. The van der Waals surface area contributed by atoms with Gasteiger partial charge in [-0.05, 0) is 45.9 Å². The monoisotopic (exact) mass is 407 g/mol. The maximum absolute atomic E-state index is 12.5. The molecule has 0 bridgehead atoms. The summed E-state index contributed by atoms with van der Waals surface area (Å²) in [7, 11) is 0. The minimum atomic E-state index is -0.652. The number of pyridine rings is 1. The number of alkyl carbamates (subject to hydrolysis) is 1. The van der Waals surface area contributed by atoms with Gasteiger partial charge in [-0.15, -0.1) is 0 Å². The lowest BCUT2D eigenvalue weighted by Gasteiger charge is -2.26. The van der Waals surface area contributed by atoms with E-state index in [1.807, 2.05) is 0 Å². The van der Waals surface area contributed by atoms with Crippen molar-refractivity contribution >= 4 is 29.7 Å². The molecule has 2 aliphatic heterocycles. The topological polar surface area (TPSA) is 145 Å². The molecule has 0 unspecified atom stereocenters. The summed E-state index contributed by atoms with van der Waals surface area (Å²) in [6.45, 7) is 5.55. The molecule has 1 aromatic rings. The fourth-order valence-electron chi connectivity index (χ4n) is 3.06. The molecule has 2 atom stereocenters. The van der Waals surface area contributed by atoms with Gasteiger partial charge in [-0.2, -0.15) is 0 Å². The molecule has 11 heteroatoms. The Morgan fingerprint density at radius 1 is 1.41 bits per heavy atom. The molecule has 4 N–H and O–H groups in total. The van der Waals surface area contributed by atoms with Gasteiger partial charge in [0.2, 0.25) is 0 Å². The number of fused-ring (bicyclic) bond motifs is 1. The van der Waals surface area contributed by atoms with Gasteiger partial charge in [-0.1, -0.05) is 0 Å². The van der Waals surface area contributed by atoms with Crippen molar-refractivity contribution in [3.8, 4) is 5.75 Å². The minimum absolute atomic E-state index is 0.0763. The van der Waals surface area contributed by atoms with Crippen molar-refractivity contribution in [2.24, 2.45) is 5.73 Å². The van der Waals surface area contributed by atoms with Crippen molar-refractivity contribution in [2.75, 3.05) is 29.9 Å². The fraction of sp³-hybridized carbons (Fsp3) is 0.556. The molecule has 158 valence electrons. The lowest BCUT2D eigenvalue weighted by Crippen LogP contribution is -2.47. The second-order valence-corrected chi connectivity index (χ2v) is 7.67. The van der Waals surface area contributed by atoms with Crippen molar-refractivity contribution in [3.63, 3.8) is 0 Å². The summed E-state index contributed by atoms with van der Waals surface area (Å²) in [6.07, 6.45) is -1.35. The summed E-state index contributed by atoms with van der Waals surface area (Å²) >= 11 is 0. The number of ether oxygens (including phenoxy) is 3. The number of aromatic nitrogens is 1. The third-order valence-electron chi connectivity index (χ3n) is 4.22. The number of carbonyl (C=O) groups excluding carboxylic acids is 3. The van der Waals surface area contributed by atoms with Crippen LogP contribution in [-0.2, 0) is 14.3 Å². The van der Waals surface area contributed by atoms with Crippen LogP contribution in [0.15, 0.2) is 12.1 Å². The van der Waals surface area contributed by atoms with E-state index in [4.69, 9.17) is 19.9 Å². The van der Waals surface area contributed by atoms with Crippen LogP contribution in [0.3, 0.4) is 0 Å². The van der Waals surface area contributed by atoms with Crippen LogP contribution in [0.2, 0.25) is 0 Å². The predicted octanol–water partition coefficient (Wildman–Crippen LogP) is 0.980. The number of cyclic esters (lactones) is 1. The van der Waals surface area contributed by atoms with Crippen molar-refractivity contribution in [2.45, 2.75) is 44.9 Å². The van der Waals surface area contributed by atoms with Crippen molar-refractivity contribution < 1.29 is 28.6 Å². The van der Waals surface area contributed by atoms with Crippen LogP contribution < -0.4 is 26.0 Å². The average Bonchev–Trinajstić information content (AvgIpc) is 2.93. The highest BCUT2D eigenvalue weighted by atomic mass is 16.6. The fourth-order valence-corrected chi connectivity index (χ4v) is 3.06. The van der Waals surface area contributed by atoms with E-state index < -0.39 is 29.9 Å². The maximum atomic E-state index is 12.5. The van der Waals surface area contributed by atoms with Crippen LogP contribution in [0.25, 0.3) is 0 Å². The highest BCUT2D eigenvalue weighted by Gasteiger charge is 2.43. The van der Waals surface area contributed by atoms with Crippen LogP contribution in [0.1, 0.15) is 27.2 Å². The zero-order chi connectivity index (χ0) is 21.2. The van der Waals surface area contributed by atoms with Gasteiger partial charge in [0.05, 0.1) is 6.04 Å². The van der Waals surface area contributed by atoms with E-state index in [-0.39, 0.29) is 30.7 Å². The highest BCUT2D eigenvalue weighted by molar-refractivity contribution is 5.95. The molecule has 0 spiro atoms. The number of amides is 3. The molecule has 3 rings (SSSR count). The first-order chi connectivity index (χ1) is 13.7. The van der Waals surface area contributed by atoms with E-state index in [1.165, 1.54) is 4.90 Å². The Balaban J connectivity index is 1.81. The Labute approximate surface area is 167 Å². The smallest absolute Gasteiger partial charge is 0.416 e. The first-order valence-corrected chi connectivity index (χ1v) is 9.28. The number of nitrogens with one attached hydrogen (secondary N) is 2. The summed E-state index contributed by atoms with van der Waals surface area (Å²) in [5, 5.41) is 5.26. The molecule has 0 aliphatic carbocycles. The maximum Gasteiger partial charge on any atom is 0.416 e. The predicted molar refractivity (Wildman–Crippen MR) is 103 cm³/mol. The quantitative estimate of drug-likeness (QED) is 0.655. The lowest BCUT2D eigenvalue weighted by atomic mass is 10.1. The molecule has 0 radical (unpaired) electrons. The number of rotatable bonds is 5. The van der Waals surface area contributed by atoms with Gasteiger partial charge in [0.15, 0.2) is 18.2 Å². The SMILES string of the molecule is CC(C)(C)OC(=O)NC[C@@H]1[C@H](CCN)OC(=O)N1c1ccc2c(n1)NC(=O)CO2. The van der Waals surface area contributed by atoms with Gasteiger partial charge in [0, 0.05) is 6.54 Å². The molecule has 0 aromatic carbocycles. The summed E-state index contributed by atoms with van der Waals surface area (Å²) in [5.74, 6) is 0.542. The van der Waals surface area contributed by atoms with Crippen LogP contribution in [0.5, 0.6) is 5.75 Å². The normalized spacial score (nSPS) is 21.0. The summed E-state index contributed by atoms with van der Waals surface area (Å²) in [4.78, 5) is 41.8. The summed E-state index contributed by atoms with van der Waals surface area (Å²) in [6, 6.07) is 2.64. The van der Waals surface area contributed by atoms with Crippen LogP contribution in [0, 0.1) is 0 Å². The first-order valence-electron chi connectivity index (χ1n) is 9.28. The molecule has 1 aromatic heterocycles. The highest BCUT2D eigenvalue weighted by Crippen LogP contribution is 2.32. The Hall–Kier alpha value is -3.08. The van der Waals surface area contributed by atoms with E-state index >= 15 is 0 Å². The van der Waals surface area contributed by atoms with Gasteiger partial charge in [0.25, 0.3) is 5.91 Å². The zero-order valence-electron chi connectivity index (χ0n) is 16.6. The summed E-state index contributed by atoms with van der Waals surface area (Å²) < 4.78 is 16.0. The third-order valence-corrected chi connectivity index (χ3v) is 4.22. The van der Waals surface area contributed by atoms with E-state index in [2.05, 4.69) is 15.6 Å². The number of anilines is 2. The van der Waals surface area contributed by atoms with Crippen molar-refractivity contribution in [1.29, 1.82) is 0 Å². The van der Waals surface area contributed by atoms with Gasteiger partial charge in [0.1, 0.15) is 17.5 Å². The average molecular weight is 407 g/mol. The van der Waals surface area contributed by atoms with E-state index in [0.717, 1.165) is 0 Å². The second-order valence-electron chi connectivity index (χ2n) is 7.67. The van der Waals surface area contributed by atoms with Gasteiger partial charge >= 0.3 is 12.2 Å². The lowest BCUT2D eigenvalue weighted by molar-refractivity contribution is -0.118. The molecular formula is C18H25N5O6.